The van der Waals surface area contributed by atoms with Crippen LogP contribution in [0, 0.1) is 5.82 Å². The fraction of sp³-hybridized carbons (Fsp3) is 0.0968. The second kappa shape index (κ2) is 9.08. The molecule has 7 heteroatoms. The summed E-state index contributed by atoms with van der Waals surface area (Å²) >= 11 is 7.47. The van der Waals surface area contributed by atoms with Gasteiger partial charge in [-0.05, 0) is 65.9 Å². The summed E-state index contributed by atoms with van der Waals surface area (Å²) in [7, 11) is 0. The summed E-state index contributed by atoms with van der Waals surface area (Å²) in [5.41, 5.74) is 5.91. The second-order valence-corrected chi connectivity index (χ2v) is 10.8. The normalized spacial score (nSPS) is 16.6. The molecule has 4 nitrogen and oxygen atoms in total. The van der Waals surface area contributed by atoms with Crippen LogP contribution >= 0.6 is 22.9 Å². The van der Waals surface area contributed by atoms with Crippen molar-refractivity contribution in [2.75, 3.05) is 0 Å². The van der Waals surface area contributed by atoms with E-state index in [0.717, 1.165) is 40.8 Å². The maximum absolute atomic E-state index is 13.8. The smallest absolute Gasteiger partial charge is 0.271 e. The van der Waals surface area contributed by atoms with Crippen LogP contribution in [0.15, 0.2) is 105 Å². The van der Waals surface area contributed by atoms with Crippen molar-refractivity contribution < 1.29 is 8.81 Å². The first kappa shape index (κ1) is 23.1. The minimum atomic E-state index is -0.351. The average Bonchev–Trinajstić information content (AvgIpc) is 3.52. The van der Waals surface area contributed by atoms with Gasteiger partial charge in [-0.2, -0.15) is 0 Å². The maximum Gasteiger partial charge on any atom is 0.271 e. The summed E-state index contributed by atoms with van der Waals surface area (Å²) < 4.78 is 22.1. The fourth-order valence-corrected chi connectivity index (χ4v) is 6.50. The maximum atomic E-state index is 13.8. The number of furan rings is 1. The van der Waals surface area contributed by atoms with Gasteiger partial charge in [0.2, 0.25) is 0 Å². The lowest BCUT2D eigenvalue weighted by Gasteiger charge is -2.30. The Labute approximate surface area is 226 Å². The number of hydrogen-bond acceptors (Lipinski definition) is 4. The van der Waals surface area contributed by atoms with E-state index in [-0.39, 0.29) is 17.4 Å². The summed E-state index contributed by atoms with van der Waals surface area (Å²) in [5, 5.41) is 0.625. The van der Waals surface area contributed by atoms with Crippen LogP contribution in [0.1, 0.15) is 34.9 Å². The zero-order chi connectivity index (χ0) is 25.8. The number of aromatic nitrogens is 1. The summed E-state index contributed by atoms with van der Waals surface area (Å²) in [6.45, 7) is 0. The summed E-state index contributed by atoms with van der Waals surface area (Å²) in [4.78, 5) is 19.5. The van der Waals surface area contributed by atoms with Crippen molar-refractivity contribution in [1.82, 2.24) is 4.57 Å². The van der Waals surface area contributed by atoms with Crippen LogP contribution in [0.5, 0.6) is 0 Å². The van der Waals surface area contributed by atoms with Crippen LogP contribution < -0.4 is 14.9 Å². The molecule has 3 aromatic carbocycles. The molecule has 1 aliphatic carbocycles. The molecule has 186 valence electrons. The van der Waals surface area contributed by atoms with Crippen LogP contribution in [0.25, 0.3) is 23.1 Å². The van der Waals surface area contributed by atoms with Crippen molar-refractivity contribution in [2.24, 2.45) is 4.99 Å². The van der Waals surface area contributed by atoms with Crippen molar-refractivity contribution >= 4 is 34.7 Å². The molecule has 0 spiro atoms. The number of nitrogens with zero attached hydrogens (tertiary/aromatic N) is 2. The fourth-order valence-electron chi connectivity index (χ4n) is 5.32. The molecule has 5 aromatic rings. The summed E-state index contributed by atoms with van der Waals surface area (Å²) in [6.07, 6.45) is 3.41. The quantitative estimate of drug-likeness (QED) is 0.268. The lowest BCUT2D eigenvalue weighted by Crippen LogP contribution is -2.38. The van der Waals surface area contributed by atoms with E-state index in [1.165, 1.54) is 29.0 Å². The van der Waals surface area contributed by atoms with Crippen LogP contribution in [0.2, 0.25) is 5.02 Å². The lowest BCUT2D eigenvalue weighted by atomic mass is 9.83. The molecule has 0 bridgehead atoms. The third-order valence-corrected chi connectivity index (χ3v) is 8.29. The van der Waals surface area contributed by atoms with Gasteiger partial charge < -0.3 is 4.42 Å². The number of aryl methyl sites for hydroxylation is 1. The Morgan fingerprint density at radius 1 is 1.00 bits per heavy atom. The molecule has 0 radical (unpaired) electrons. The Kier molecular flexibility index (Phi) is 5.53. The number of thiazole rings is 1. The molecular weight excluding hydrogens is 519 g/mol. The lowest BCUT2D eigenvalue weighted by molar-refractivity contribution is 0.570. The van der Waals surface area contributed by atoms with E-state index in [9.17, 15) is 9.18 Å². The highest BCUT2D eigenvalue weighted by molar-refractivity contribution is 7.07. The first-order valence-electron chi connectivity index (χ1n) is 12.3. The van der Waals surface area contributed by atoms with E-state index in [1.54, 1.807) is 22.8 Å². The van der Waals surface area contributed by atoms with E-state index in [4.69, 9.17) is 21.0 Å². The highest BCUT2D eigenvalue weighted by Gasteiger charge is 2.32. The zero-order valence-corrected chi connectivity index (χ0v) is 21.6. The largest absolute Gasteiger partial charge is 0.457 e. The molecule has 0 saturated carbocycles. The molecule has 38 heavy (non-hydrogen) atoms. The number of rotatable bonds is 3. The van der Waals surface area contributed by atoms with Crippen molar-refractivity contribution in [3.63, 3.8) is 0 Å². The Morgan fingerprint density at radius 3 is 2.68 bits per heavy atom. The Hall–Kier alpha value is -4.00. The third kappa shape index (κ3) is 3.88. The minimum Gasteiger partial charge on any atom is -0.457 e. The topological polar surface area (TPSA) is 47.5 Å². The minimum absolute atomic E-state index is 0.144. The van der Waals surface area contributed by atoms with Crippen LogP contribution in [0.3, 0.4) is 0 Å². The van der Waals surface area contributed by atoms with Gasteiger partial charge in [0, 0.05) is 22.2 Å². The van der Waals surface area contributed by atoms with Gasteiger partial charge >= 0.3 is 0 Å². The number of hydrogen-bond donors (Lipinski definition) is 0. The number of benzene rings is 3. The number of fused-ring (bicyclic) bond motifs is 3. The van der Waals surface area contributed by atoms with Gasteiger partial charge in [-0.1, -0.05) is 71.5 Å². The van der Waals surface area contributed by atoms with E-state index >= 15 is 0 Å². The zero-order valence-electron chi connectivity index (χ0n) is 20.0. The van der Waals surface area contributed by atoms with Gasteiger partial charge in [0.25, 0.3) is 5.56 Å². The monoisotopic (exact) mass is 538 g/mol. The predicted octanol–water partition coefficient (Wildman–Crippen LogP) is 6.37. The Morgan fingerprint density at radius 2 is 1.84 bits per heavy atom. The highest BCUT2D eigenvalue weighted by atomic mass is 35.5. The van der Waals surface area contributed by atoms with E-state index in [1.807, 2.05) is 48.5 Å². The van der Waals surface area contributed by atoms with Crippen molar-refractivity contribution in [1.29, 1.82) is 0 Å². The molecular formula is C31H20ClFN2O2S. The number of halogens is 2. The Bertz CT molecular complexity index is 1930. The molecule has 0 fully saturated rings. The SMILES string of the molecule is O=c1/c(=C\c2ccc(-c3cccc(Cl)c3)o2)sc2n1[C@H](c1ccc(F)cc1)C1=C(N=2)c2ccccc2CC1. The van der Waals surface area contributed by atoms with Crippen molar-refractivity contribution in [2.45, 2.75) is 18.9 Å². The molecule has 7 rings (SSSR count). The van der Waals surface area contributed by atoms with Crippen molar-refractivity contribution in [3.05, 3.63) is 143 Å². The summed E-state index contributed by atoms with van der Waals surface area (Å²) in [6, 6.07) is 25.5. The first-order chi connectivity index (χ1) is 18.5. The van der Waals surface area contributed by atoms with Gasteiger partial charge in [0.05, 0.1) is 16.3 Å². The van der Waals surface area contributed by atoms with Gasteiger partial charge in [0.1, 0.15) is 17.3 Å². The molecule has 0 amide bonds. The predicted molar refractivity (Wildman–Crippen MR) is 148 cm³/mol. The van der Waals surface area contributed by atoms with Crippen molar-refractivity contribution in [3.8, 4) is 11.3 Å². The summed E-state index contributed by atoms with van der Waals surface area (Å²) in [5.74, 6) is 0.929. The molecule has 0 unspecified atom stereocenters. The van der Waals surface area contributed by atoms with Crippen LogP contribution in [-0.4, -0.2) is 4.57 Å². The van der Waals surface area contributed by atoms with E-state index in [2.05, 4.69) is 12.1 Å². The van der Waals surface area contributed by atoms with E-state index < -0.39 is 0 Å². The standard InChI is InChI=1S/C31H20ClFN2O2S/c32-21-6-3-5-20(16-21)26-15-13-23(37-26)17-27-30(36)35-29(19-8-11-22(33)12-9-19)25-14-10-18-4-1-2-7-24(18)28(25)34-31(35)38-27/h1-9,11-13,15-17,29H,10,14H2/b27-17+/t29-/m1/s1. The Balaban J connectivity index is 1.40. The molecule has 2 aliphatic rings. The molecule has 0 N–H and O–H groups in total. The highest BCUT2D eigenvalue weighted by Crippen LogP contribution is 2.41. The molecule has 2 aromatic heterocycles. The molecule has 1 aliphatic heterocycles. The van der Waals surface area contributed by atoms with Gasteiger partial charge in [-0.15, -0.1) is 0 Å². The van der Waals surface area contributed by atoms with Gasteiger partial charge in [-0.3, -0.25) is 9.36 Å². The van der Waals surface area contributed by atoms with Gasteiger partial charge in [0.15, 0.2) is 4.80 Å². The second-order valence-electron chi connectivity index (χ2n) is 9.38. The molecule has 1 atom stereocenters. The molecule has 0 saturated heterocycles. The third-order valence-electron chi connectivity index (χ3n) is 7.07. The van der Waals surface area contributed by atoms with E-state index in [0.29, 0.717) is 25.9 Å². The first-order valence-corrected chi connectivity index (χ1v) is 13.5. The van der Waals surface area contributed by atoms with Gasteiger partial charge in [-0.25, -0.2) is 9.38 Å². The molecule has 3 heterocycles. The van der Waals surface area contributed by atoms with Crippen LogP contribution in [-0.2, 0) is 6.42 Å². The average molecular weight is 539 g/mol. The number of allylic oxidation sites excluding steroid dienone is 1. The van der Waals surface area contributed by atoms with Crippen LogP contribution in [0.4, 0.5) is 4.39 Å².